The topological polar surface area (TPSA) is 97.0 Å². The number of benzene rings is 1. The van der Waals surface area contributed by atoms with E-state index in [2.05, 4.69) is 10.6 Å². The number of nitrogens with one attached hydrogen (secondary N) is 2. The van der Waals surface area contributed by atoms with Crippen molar-refractivity contribution in [2.45, 2.75) is 52.7 Å². The van der Waals surface area contributed by atoms with Crippen LogP contribution in [-0.4, -0.2) is 60.4 Å². The number of amides is 3. The number of hydrogen-bond acceptors (Lipinski definition) is 5. The maximum atomic E-state index is 12.8. The van der Waals surface area contributed by atoms with E-state index in [0.717, 1.165) is 0 Å². The maximum absolute atomic E-state index is 12.8. The third-order valence-corrected chi connectivity index (χ3v) is 3.41. The van der Waals surface area contributed by atoms with E-state index in [-0.39, 0.29) is 32.1 Å². The van der Waals surface area contributed by atoms with Crippen LogP contribution in [0, 0.1) is 0 Å². The smallest absolute Gasteiger partial charge is 0.407 e. The van der Waals surface area contributed by atoms with Crippen molar-refractivity contribution in [3.05, 3.63) is 35.9 Å². The molecule has 29 heavy (non-hydrogen) atoms. The van der Waals surface area contributed by atoms with Gasteiger partial charge in [0, 0.05) is 31.7 Å². The number of alkyl carbamates (subject to hydrolysis) is 2. The van der Waals surface area contributed by atoms with Crippen molar-refractivity contribution >= 4 is 18.1 Å². The van der Waals surface area contributed by atoms with Gasteiger partial charge >= 0.3 is 12.2 Å². The van der Waals surface area contributed by atoms with Crippen LogP contribution in [0.5, 0.6) is 0 Å². The molecule has 0 spiro atoms. The van der Waals surface area contributed by atoms with Crippen LogP contribution >= 0.6 is 0 Å². The molecule has 0 fully saturated rings. The quantitative estimate of drug-likeness (QED) is 0.724. The molecule has 0 saturated heterocycles. The summed E-state index contributed by atoms with van der Waals surface area (Å²) in [6.45, 7) is 11.6. The normalized spacial score (nSPS) is 11.4. The third-order valence-electron chi connectivity index (χ3n) is 3.41. The summed E-state index contributed by atoms with van der Waals surface area (Å²) in [5.41, 5.74) is -0.663. The highest BCUT2D eigenvalue weighted by Crippen LogP contribution is 2.08. The zero-order valence-corrected chi connectivity index (χ0v) is 18.2. The molecule has 3 amide bonds. The third kappa shape index (κ3) is 11.0. The average Bonchev–Trinajstić information content (AvgIpc) is 2.57. The highest BCUT2D eigenvalue weighted by molar-refractivity contribution is 5.94. The molecule has 0 unspecified atom stereocenters. The van der Waals surface area contributed by atoms with Crippen molar-refractivity contribution < 1.29 is 23.9 Å². The molecule has 0 bridgehead atoms. The van der Waals surface area contributed by atoms with E-state index < -0.39 is 23.4 Å². The molecule has 8 heteroatoms. The zero-order valence-electron chi connectivity index (χ0n) is 18.2. The van der Waals surface area contributed by atoms with Gasteiger partial charge in [-0.25, -0.2) is 9.59 Å². The van der Waals surface area contributed by atoms with Gasteiger partial charge in [0.05, 0.1) is 0 Å². The molecular formula is C21H33N3O5. The van der Waals surface area contributed by atoms with Crippen molar-refractivity contribution in [1.82, 2.24) is 15.5 Å². The summed E-state index contributed by atoms with van der Waals surface area (Å²) in [6, 6.07) is 8.83. The second-order valence-corrected chi connectivity index (χ2v) is 8.52. The molecule has 0 atom stereocenters. The fourth-order valence-corrected chi connectivity index (χ4v) is 2.29. The predicted octanol–water partition coefficient (Wildman–Crippen LogP) is 3.18. The number of nitrogens with zero attached hydrogens (tertiary/aromatic N) is 1. The minimum atomic E-state index is -0.596. The Morgan fingerprint density at radius 3 is 1.59 bits per heavy atom. The molecule has 0 heterocycles. The highest BCUT2D eigenvalue weighted by atomic mass is 16.6. The van der Waals surface area contributed by atoms with Gasteiger partial charge in [-0.2, -0.15) is 0 Å². The number of carbonyl (C=O) groups excluding carboxylic acids is 3. The van der Waals surface area contributed by atoms with Gasteiger partial charge in [0.15, 0.2) is 0 Å². The summed E-state index contributed by atoms with van der Waals surface area (Å²) in [5.74, 6) is -0.192. The Bertz CT molecular complexity index is 644. The minimum Gasteiger partial charge on any atom is -0.444 e. The summed E-state index contributed by atoms with van der Waals surface area (Å²) in [5, 5.41) is 5.28. The maximum Gasteiger partial charge on any atom is 0.407 e. The lowest BCUT2D eigenvalue weighted by atomic mass is 10.2. The summed E-state index contributed by atoms with van der Waals surface area (Å²) in [6.07, 6.45) is -1.09. The van der Waals surface area contributed by atoms with Crippen LogP contribution in [-0.2, 0) is 9.47 Å². The second kappa shape index (κ2) is 10.7. The molecule has 2 N–H and O–H groups in total. The van der Waals surface area contributed by atoms with Gasteiger partial charge in [-0.1, -0.05) is 18.2 Å². The van der Waals surface area contributed by atoms with Crippen molar-refractivity contribution in [2.75, 3.05) is 26.2 Å². The van der Waals surface area contributed by atoms with Crippen molar-refractivity contribution in [2.24, 2.45) is 0 Å². The minimum absolute atomic E-state index is 0.192. The van der Waals surface area contributed by atoms with Crippen molar-refractivity contribution in [3.63, 3.8) is 0 Å². The van der Waals surface area contributed by atoms with Crippen molar-refractivity contribution in [1.29, 1.82) is 0 Å². The van der Waals surface area contributed by atoms with Gasteiger partial charge in [0.1, 0.15) is 11.2 Å². The number of rotatable bonds is 7. The molecule has 0 aliphatic heterocycles. The SMILES string of the molecule is CC(C)(C)OC(=O)NCCN(CCNC(=O)OC(C)(C)C)C(=O)c1ccccc1. The Kier molecular flexibility index (Phi) is 8.94. The van der Waals surface area contributed by atoms with Gasteiger partial charge in [-0.05, 0) is 53.7 Å². The first-order chi connectivity index (χ1) is 13.4. The van der Waals surface area contributed by atoms with E-state index in [4.69, 9.17) is 9.47 Å². The van der Waals surface area contributed by atoms with Crippen molar-refractivity contribution in [3.8, 4) is 0 Å². The highest BCUT2D eigenvalue weighted by Gasteiger charge is 2.19. The summed E-state index contributed by atoms with van der Waals surface area (Å²) >= 11 is 0. The molecule has 162 valence electrons. The lowest BCUT2D eigenvalue weighted by Crippen LogP contribution is -2.44. The van der Waals surface area contributed by atoms with Gasteiger partial charge in [0.25, 0.3) is 5.91 Å². The zero-order chi connectivity index (χ0) is 22.1. The number of hydrogen-bond donors (Lipinski definition) is 2. The Balaban J connectivity index is 2.63. The molecule has 1 aromatic carbocycles. The van der Waals surface area contributed by atoms with Gasteiger partial charge in [-0.3, -0.25) is 4.79 Å². The van der Waals surface area contributed by atoms with E-state index in [1.807, 2.05) is 6.07 Å². The molecule has 0 aliphatic carbocycles. The standard InChI is InChI=1S/C21H33N3O5/c1-20(2,3)28-18(26)22-12-14-24(17(25)16-10-8-7-9-11-16)15-13-23-19(27)29-21(4,5)6/h7-11H,12-15H2,1-6H3,(H,22,26)(H,23,27). The molecule has 1 aromatic rings. The first-order valence-electron chi connectivity index (χ1n) is 9.65. The largest absolute Gasteiger partial charge is 0.444 e. The molecule has 8 nitrogen and oxygen atoms in total. The van der Waals surface area contributed by atoms with Gasteiger partial charge in [-0.15, -0.1) is 0 Å². The molecule has 0 saturated carbocycles. The Morgan fingerprint density at radius 2 is 1.21 bits per heavy atom. The molecule has 0 aromatic heterocycles. The Morgan fingerprint density at radius 1 is 0.793 bits per heavy atom. The second-order valence-electron chi connectivity index (χ2n) is 8.52. The first-order valence-corrected chi connectivity index (χ1v) is 9.65. The molecular weight excluding hydrogens is 374 g/mol. The van der Waals surface area contributed by atoms with Crippen LogP contribution in [0.25, 0.3) is 0 Å². The molecule has 0 radical (unpaired) electrons. The average molecular weight is 408 g/mol. The number of ether oxygens (including phenoxy) is 2. The molecule has 0 aliphatic rings. The van der Waals surface area contributed by atoms with Crippen LogP contribution in [0.2, 0.25) is 0 Å². The van der Waals surface area contributed by atoms with Crippen LogP contribution in [0.3, 0.4) is 0 Å². The Labute approximate surface area is 172 Å². The summed E-state index contributed by atoms with van der Waals surface area (Å²) in [4.78, 5) is 38.0. The van der Waals surface area contributed by atoms with Crippen LogP contribution in [0.15, 0.2) is 30.3 Å². The van der Waals surface area contributed by atoms with E-state index in [1.54, 1.807) is 70.7 Å². The summed E-state index contributed by atoms with van der Waals surface area (Å²) < 4.78 is 10.4. The van der Waals surface area contributed by atoms with Crippen LogP contribution in [0.4, 0.5) is 9.59 Å². The van der Waals surface area contributed by atoms with E-state index in [0.29, 0.717) is 5.56 Å². The van der Waals surface area contributed by atoms with E-state index in [9.17, 15) is 14.4 Å². The first kappa shape index (κ1) is 24.3. The van der Waals surface area contributed by atoms with Crippen LogP contribution < -0.4 is 10.6 Å². The lowest BCUT2D eigenvalue weighted by Gasteiger charge is -2.25. The monoisotopic (exact) mass is 407 g/mol. The lowest BCUT2D eigenvalue weighted by molar-refractivity contribution is 0.0508. The van der Waals surface area contributed by atoms with E-state index >= 15 is 0 Å². The number of carbonyl (C=O) groups is 3. The predicted molar refractivity (Wildman–Crippen MR) is 111 cm³/mol. The molecule has 1 rings (SSSR count). The van der Waals surface area contributed by atoms with Gasteiger partial charge in [0.2, 0.25) is 0 Å². The van der Waals surface area contributed by atoms with Crippen LogP contribution in [0.1, 0.15) is 51.9 Å². The van der Waals surface area contributed by atoms with E-state index in [1.165, 1.54) is 0 Å². The Hall–Kier alpha value is -2.77. The fraction of sp³-hybridized carbons (Fsp3) is 0.571. The summed E-state index contributed by atoms with van der Waals surface area (Å²) in [7, 11) is 0. The van der Waals surface area contributed by atoms with Gasteiger partial charge < -0.3 is 25.0 Å². The fourth-order valence-electron chi connectivity index (χ4n) is 2.29.